The van der Waals surface area contributed by atoms with Crippen LogP contribution in [0.2, 0.25) is 5.28 Å². The lowest BCUT2D eigenvalue weighted by atomic mass is 9.99. The highest BCUT2D eigenvalue weighted by Crippen LogP contribution is 2.46. The normalized spacial score (nSPS) is 16.8. The molecule has 6 aliphatic rings. The lowest BCUT2D eigenvalue weighted by Gasteiger charge is -2.43. The Balaban J connectivity index is 0.000000216. The van der Waals surface area contributed by atoms with Gasteiger partial charge >= 0.3 is 0 Å². The number of aliphatic hydroxyl groups is 1. The fraction of sp³-hybridized carbons (Fsp3) is 0.482. The van der Waals surface area contributed by atoms with Crippen LogP contribution in [-0.4, -0.2) is 229 Å². The van der Waals surface area contributed by atoms with Gasteiger partial charge in [-0.15, -0.1) is 0 Å². The third kappa shape index (κ3) is 24.4. The van der Waals surface area contributed by atoms with E-state index in [2.05, 4.69) is 170 Å². The van der Waals surface area contributed by atoms with Gasteiger partial charge in [-0.2, -0.15) is 18.4 Å². The molecule has 26 nitrogen and oxygen atoms in total. The zero-order valence-corrected chi connectivity index (χ0v) is 76.2. The lowest BCUT2D eigenvalue weighted by Crippen LogP contribution is -2.52. The fourth-order valence-corrected chi connectivity index (χ4v) is 18.7. The van der Waals surface area contributed by atoms with Crippen molar-refractivity contribution in [1.29, 1.82) is 0 Å². The number of aromatic nitrogens is 8. The third-order valence-corrected chi connectivity index (χ3v) is 27.5. The Morgan fingerprint density at radius 3 is 1.42 bits per heavy atom. The maximum atomic E-state index is 13.6. The average Bonchev–Trinajstić information content (AvgIpc) is 1.64. The number of hydrogen-bond donors (Lipinski definition) is 6. The van der Waals surface area contributed by atoms with Crippen LogP contribution in [0.5, 0.6) is 11.5 Å². The molecule has 4 aromatic heterocycles. The molecule has 9 aromatic rings. The molecule has 4 saturated heterocycles. The third-order valence-electron chi connectivity index (χ3n) is 22.2. The van der Waals surface area contributed by atoms with Gasteiger partial charge in [0.2, 0.25) is 11.2 Å². The highest BCUT2D eigenvalue weighted by molar-refractivity contribution is 9.11. The van der Waals surface area contributed by atoms with E-state index in [9.17, 15) is 17.5 Å². The van der Waals surface area contributed by atoms with E-state index in [1.807, 2.05) is 68.1 Å². The minimum absolute atomic E-state index is 0. The number of nitrogen functional groups attached to an aromatic ring is 1. The molecule has 15 rings (SSSR count). The number of piperazine rings is 2. The van der Waals surface area contributed by atoms with Gasteiger partial charge < -0.3 is 74.1 Å². The number of likely N-dealkylation sites (N-methyl/N-ethyl adjacent to an activating group) is 2. The second kappa shape index (κ2) is 41.2. The first-order chi connectivity index (χ1) is 56.0. The van der Waals surface area contributed by atoms with Gasteiger partial charge in [-0.05, 0) is 234 Å². The van der Waals surface area contributed by atoms with Gasteiger partial charge in [0, 0.05) is 196 Å². The summed E-state index contributed by atoms with van der Waals surface area (Å²) in [6.07, 6.45) is 24.5. The second-order valence-electron chi connectivity index (χ2n) is 31.6. The Labute approximate surface area is 717 Å². The summed E-state index contributed by atoms with van der Waals surface area (Å²) in [5, 5.41) is 19.8. The van der Waals surface area contributed by atoms with Crippen LogP contribution < -0.4 is 51.6 Å². The molecule has 7 N–H and O–H groups in total. The molecule has 0 amide bonds. The largest absolute Gasteiger partial charge is 0.495 e. The quantitative estimate of drug-likeness (QED) is 0.0150. The smallest absolute Gasteiger partial charge is 0.294 e. The number of nitrogens with zero attached hydrogens (tertiary/aromatic N) is 14. The van der Waals surface area contributed by atoms with Gasteiger partial charge in [-0.1, -0.05) is 44.9 Å². The Morgan fingerprint density at radius 1 is 0.564 bits per heavy atom. The molecule has 2 saturated carbocycles. The average molecular weight is 1810 g/mol. The molecule has 8 heterocycles. The molecule has 0 atom stereocenters. The van der Waals surface area contributed by atoms with Gasteiger partial charge in [0.05, 0.1) is 50.8 Å². The molecular weight excluding hydrogens is 1690 g/mol. The van der Waals surface area contributed by atoms with Crippen molar-refractivity contribution in [2.45, 2.75) is 134 Å². The molecule has 0 bridgehead atoms. The summed E-state index contributed by atoms with van der Waals surface area (Å²) in [5.74, 6) is 4.88. The Morgan fingerprint density at radius 2 is 1.01 bits per heavy atom. The number of aliphatic hydroxyl groups excluding tert-OH is 1. The van der Waals surface area contributed by atoms with Crippen LogP contribution in [0.4, 0.5) is 51.7 Å². The summed E-state index contributed by atoms with van der Waals surface area (Å²) >= 11 is 13.0. The van der Waals surface area contributed by atoms with E-state index in [1.54, 1.807) is 65.4 Å². The van der Waals surface area contributed by atoms with E-state index in [1.165, 1.54) is 125 Å². The minimum Gasteiger partial charge on any atom is -0.495 e. The van der Waals surface area contributed by atoms with Crippen molar-refractivity contribution in [3.63, 3.8) is 0 Å². The van der Waals surface area contributed by atoms with E-state index < -0.39 is 24.4 Å². The number of halogens is 3. The molecule has 2 aliphatic carbocycles. The van der Waals surface area contributed by atoms with Crippen molar-refractivity contribution in [2.24, 2.45) is 0 Å². The second-order valence-corrected chi connectivity index (χ2v) is 41.5. The Bertz CT molecular complexity index is 5030. The molecule has 0 unspecified atom stereocenters. The molecule has 117 heavy (non-hydrogen) atoms. The molecule has 0 spiro atoms. The van der Waals surface area contributed by atoms with E-state index in [4.69, 9.17) is 41.5 Å². The number of aryl methyl sites for hydroxylation is 3. The lowest BCUT2D eigenvalue weighted by molar-refractivity contribution is 0.0982. The number of piperidine rings is 2. The highest BCUT2D eigenvalue weighted by atomic mass is 79.9. The van der Waals surface area contributed by atoms with Crippen molar-refractivity contribution in [3.05, 3.63) is 153 Å². The minimum atomic E-state index is -4.02. The number of methoxy groups -OCH3 is 2. The van der Waals surface area contributed by atoms with E-state index in [0.717, 1.165) is 144 Å². The van der Waals surface area contributed by atoms with Crippen LogP contribution in [0.3, 0.4) is 0 Å². The first kappa shape index (κ1) is 90.3. The number of rotatable bonds is 23. The van der Waals surface area contributed by atoms with Crippen molar-refractivity contribution < 1.29 is 41.0 Å². The van der Waals surface area contributed by atoms with Crippen LogP contribution in [0.15, 0.2) is 136 Å². The summed E-state index contributed by atoms with van der Waals surface area (Å²) in [5.41, 5.74) is 17.1. The molecule has 32 heteroatoms. The van der Waals surface area contributed by atoms with E-state index in [0.29, 0.717) is 51.3 Å². The first-order valence-electron chi connectivity index (χ1n) is 40.6. The van der Waals surface area contributed by atoms with Crippen LogP contribution in [0.25, 0.3) is 22.8 Å². The molecule has 6 fully saturated rings. The number of ether oxygens (including phenoxy) is 2. The molecular formula is C85H123Br2ClN18O8P2S. The van der Waals surface area contributed by atoms with Gasteiger partial charge in [-0.25, -0.2) is 19.9 Å². The van der Waals surface area contributed by atoms with Gasteiger partial charge in [0.1, 0.15) is 49.1 Å². The maximum absolute atomic E-state index is 13.6. The van der Waals surface area contributed by atoms with Gasteiger partial charge in [0.15, 0.2) is 0 Å². The molecule has 4 aliphatic heterocycles. The SMILES string of the molecule is CCCCO.CCc1cc(N)c(OC)cc1N1CCC(N2CCN(C)CC2)CC1.CCc1cc(Nc2ncc(Br)c(Nc3ccc(-c4nccn4C4CC4)cc3P(C)(C)=O)n2)c(OC)cc1N1CCC(N2CCN(C)CC2)CC1.CP(C)(=O)c1cc(-c2nccn2C2CC2)ccc1Nc1nc(Cl)ncc1Br.Cc1ccc(S(=O)(=O)O)cc1.[HH].[HH].[HH]. The number of benzene rings is 5. The summed E-state index contributed by atoms with van der Waals surface area (Å²) in [6, 6.07) is 28.8. The first-order valence-corrected chi connectivity index (χ1v) is 49.2. The molecule has 5 aromatic carbocycles. The van der Waals surface area contributed by atoms with Crippen molar-refractivity contribution in [1.82, 2.24) is 58.6 Å². The predicted molar refractivity (Wildman–Crippen MR) is 491 cm³/mol. The highest BCUT2D eigenvalue weighted by Gasteiger charge is 2.33. The molecule has 0 radical (unpaired) electrons. The summed E-state index contributed by atoms with van der Waals surface area (Å²) in [4.78, 5) is 41.9. The number of hydrogen-bond acceptors (Lipinski definition) is 23. The van der Waals surface area contributed by atoms with Crippen LogP contribution in [0, 0.1) is 6.92 Å². The predicted octanol–water partition coefficient (Wildman–Crippen LogP) is 16.9. The van der Waals surface area contributed by atoms with Crippen LogP contribution in [0.1, 0.15) is 118 Å². The van der Waals surface area contributed by atoms with Crippen molar-refractivity contribution in [2.75, 3.05) is 172 Å². The number of imidazole rings is 2. The number of nitrogens with two attached hydrogens (primary N) is 1. The maximum Gasteiger partial charge on any atom is 0.294 e. The van der Waals surface area contributed by atoms with Crippen LogP contribution >= 0.6 is 57.7 Å². The zero-order valence-electron chi connectivity index (χ0n) is 69.7. The zero-order chi connectivity index (χ0) is 83.9. The summed E-state index contributed by atoms with van der Waals surface area (Å²) in [7, 11) is -1.41. The van der Waals surface area contributed by atoms with E-state index in [-0.39, 0.29) is 14.5 Å². The molecule has 638 valence electrons. The van der Waals surface area contributed by atoms with Gasteiger partial charge in [0.25, 0.3) is 10.1 Å². The van der Waals surface area contributed by atoms with Crippen molar-refractivity contribution >= 4 is 130 Å². The van der Waals surface area contributed by atoms with Crippen LogP contribution in [-0.2, 0) is 32.1 Å². The topological polar surface area (TPSA) is 296 Å². The number of anilines is 9. The monoisotopic (exact) mass is 1810 g/mol. The summed E-state index contributed by atoms with van der Waals surface area (Å²) in [6.45, 7) is 29.6. The number of nitrogens with one attached hydrogen (secondary N) is 3. The Hall–Kier alpha value is -7.50. The fourth-order valence-electron chi connectivity index (χ4n) is 15.2. The number of unbranched alkanes of at least 4 members (excludes halogenated alkanes) is 1. The summed E-state index contributed by atoms with van der Waals surface area (Å²) < 4.78 is 73.3. The standard InChI is InChI=1S/C37H49BrN9O2P.C19H32N4O.C18H18BrClN5OP.C7H8O3S.C4H10O.3H2/c1-6-25-21-31(33(49-3)23-32(25)46-14-11-27(12-15-46)45-19-17-44(2)18-20-45)42-37-40-24-29(38)35(43-37)41-30-10-7-26(22-34(30)50(4,5)48)36-39-13-16-47(36)28-8-9-28;1-4-15-13-17(20)19(24-3)14-18(15)23-7-5-16(6-8-23)22-11-9-21(2)10-12-22;1-27(2,26)15-9-11(17-21-7-8-25(17)12-4-5-12)3-6-14(15)23-16-13(19)10-22-18(20)24-16;1-6-2-4-7(5-3-6)11(8,9)10;1-2-3-4-5;;;/h7,10,13,16,21-24,27-28H,6,8-9,11-12,14-15,17-20H2,1-5H3,(H2,40,41,42,43);13-14,16H,4-12,20H2,1-3H3;3,6-10,12H,4-5H2,1-2H3,(H,22,23,24);2-5H,1H3,(H,8,9,10);5H,2-4H2,1H3;3*1H. The Kier molecular flexibility index (Phi) is 31.8. The van der Waals surface area contributed by atoms with E-state index >= 15 is 0 Å². The van der Waals surface area contributed by atoms with Crippen molar-refractivity contribution in [3.8, 4) is 34.3 Å². The van der Waals surface area contributed by atoms with Gasteiger partial charge in [-0.3, -0.25) is 14.4 Å².